The molecule has 0 radical (unpaired) electrons. The molecule has 7 heteroatoms. The molecule has 1 aliphatic heterocycles. The van der Waals surface area contributed by atoms with Crippen LogP contribution in [0.4, 0.5) is 5.69 Å². The van der Waals surface area contributed by atoms with Crippen molar-refractivity contribution in [2.24, 2.45) is 4.99 Å². The van der Waals surface area contributed by atoms with Gasteiger partial charge in [-0.3, -0.25) is 4.90 Å². The van der Waals surface area contributed by atoms with Crippen molar-refractivity contribution < 1.29 is 14.2 Å². The summed E-state index contributed by atoms with van der Waals surface area (Å²) in [5.41, 5.74) is 3.27. The molecule has 0 unspecified atom stereocenters. The maximum Gasteiger partial charge on any atom is 0.190 e. The number of thiazole rings is 1. The smallest absolute Gasteiger partial charge is 0.190 e. The first-order valence-corrected chi connectivity index (χ1v) is 12.1. The molecule has 1 saturated heterocycles. The molecule has 0 amide bonds. The van der Waals surface area contributed by atoms with Gasteiger partial charge in [0.2, 0.25) is 0 Å². The molecule has 170 valence electrons. The SMILES string of the molecule is CCOc1ccc(N=c2scc(-c3ccc(OCC)cc3)n2CCN2CCOCC2)cc1. The van der Waals surface area contributed by atoms with Gasteiger partial charge in [0.15, 0.2) is 4.80 Å². The second-order valence-corrected chi connectivity index (χ2v) is 8.34. The average Bonchev–Trinajstić information content (AvgIpc) is 3.23. The fourth-order valence-electron chi connectivity index (χ4n) is 3.71. The lowest BCUT2D eigenvalue weighted by molar-refractivity contribution is 0.0363. The molecule has 1 fully saturated rings. The van der Waals surface area contributed by atoms with E-state index in [9.17, 15) is 0 Å². The van der Waals surface area contributed by atoms with Crippen LogP contribution < -0.4 is 14.3 Å². The Morgan fingerprint density at radius 2 is 1.50 bits per heavy atom. The van der Waals surface area contributed by atoms with Crippen LogP contribution in [0.3, 0.4) is 0 Å². The van der Waals surface area contributed by atoms with Gasteiger partial charge >= 0.3 is 0 Å². The fraction of sp³-hybridized carbons (Fsp3) is 0.400. The minimum Gasteiger partial charge on any atom is -0.494 e. The lowest BCUT2D eigenvalue weighted by atomic mass is 10.1. The molecule has 0 aliphatic carbocycles. The summed E-state index contributed by atoms with van der Waals surface area (Å²) in [7, 11) is 0. The largest absolute Gasteiger partial charge is 0.494 e. The summed E-state index contributed by atoms with van der Waals surface area (Å²) in [5, 5.41) is 2.20. The molecule has 2 aromatic carbocycles. The van der Waals surface area contributed by atoms with E-state index in [2.05, 4.69) is 27.0 Å². The summed E-state index contributed by atoms with van der Waals surface area (Å²) < 4.78 is 19.0. The van der Waals surface area contributed by atoms with Gasteiger partial charge in [-0.05, 0) is 67.9 Å². The Labute approximate surface area is 193 Å². The summed E-state index contributed by atoms with van der Waals surface area (Å²) >= 11 is 1.67. The van der Waals surface area contributed by atoms with Crippen molar-refractivity contribution in [3.63, 3.8) is 0 Å². The van der Waals surface area contributed by atoms with Crippen LogP contribution in [0.15, 0.2) is 58.9 Å². The minimum absolute atomic E-state index is 0.661. The van der Waals surface area contributed by atoms with Crippen LogP contribution in [-0.4, -0.2) is 55.5 Å². The van der Waals surface area contributed by atoms with E-state index in [1.165, 1.54) is 11.3 Å². The molecule has 0 bridgehead atoms. The van der Waals surface area contributed by atoms with E-state index in [0.717, 1.165) is 61.4 Å². The van der Waals surface area contributed by atoms with Crippen LogP contribution in [0, 0.1) is 0 Å². The number of hydrogen-bond donors (Lipinski definition) is 0. The number of aromatic nitrogens is 1. The first kappa shape index (κ1) is 22.6. The van der Waals surface area contributed by atoms with Crippen LogP contribution in [0.1, 0.15) is 13.8 Å². The van der Waals surface area contributed by atoms with Crippen LogP contribution in [0.5, 0.6) is 11.5 Å². The van der Waals surface area contributed by atoms with Crippen molar-refractivity contribution in [2.45, 2.75) is 20.4 Å². The number of morpholine rings is 1. The number of ether oxygens (including phenoxy) is 3. The summed E-state index contributed by atoms with van der Waals surface area (Å²) in [4.78, 5) is 8.40. The van der Waals surface area contributed by atoms with Gasteiger partial charge in [0.1, 0.15) is 11.5 Å². The minimum atomic E-state index is 0.661. The van der Waals surface area contributed by atoms with Crippen molar-refractivity contribution in [3.8, 4) is 22.8 Å². The predicted octanol–water partition coefficient (Wildman–Crippen LogP) is 4.58. The Morgan fingerprint density at radius 1 is 0.875 bits per heavy atom. The molecule has 6 nitrogen and oxygen atoms in total. The lowest BCUT2D eigenvalue weighted by Gasteiger charge is -2.26. The highest BCUT2D eigenvalue weighted by Crippen LogP contribution is 2.24. The summed E-state index contributed by atoms with van der Waals surface area (Å²) in [5.74, 6) is 1.76. The van der Waals surface area contributed by atoms with Gasteiger partial charge in [-0.2, -0.15) is 0 Å². The van der Waals surface area contributed by atoms with E-state index in [4.69, 9.17) is 19.2 Å². The van der Waals surface area contributed by atoms with E-state index < -0.39 is 0 Å². The summed E-state index contributed by atoms with van der Waals surface area (Å²) in [6.45, 7) is 10.8. The molecular weight excluding hydrogens is 422 g/mol. The molecule has 3 aromatic rings. The van der Waals surface area contributed by atoms with E-state index in [1.54, 1.807) is 11.3 Å². The molecule has 0 saturated carbocycles. The highest BCUT2D eigenvalue weighted by atomic mass is 32.1. The molecule has 32 heavy (non-hydrogen) atoms. The van der Waals surface area contributed by atoms with Crippen molar-refractivity contribution >= 4 is 17.0 Å². The van der Waals surface area contributed by atoms with Crippen LogP contribution in [0.25, 0.3) is 11.3 Å². The maximum atomic E-state index is 5.61. The van der Waals surface area contributed by atoms with E-state index in [0.29, 0.717) is 13.2 Å². The Morgan fingerprint density at radius 3 is 2.12 bits per heavy atom. The van der Waals surface area contributed by atoms with Gasteiger partial charge < -0.3 is 18.8 Å². The van der Waals surface area contributed by atoms with Crippen LogP contribution >= 0.6 is 11.3 Å². The van der Waals surface area contributed by atoms with Gasteiger partial charge in [0, 0.05) is 31.6 Å². The zero-order chi connectivity index (χ0) is 22.2. The Bertz CT molecular complexity index is 1040. The van der Waals surface area contributed by atoms with Gasteiger partial charge in [-0.1, -0.05) is 0 Å². The van der Waals surface area contributed by atoms with Gasteiger partial charge in [-0.15, -0.1) is 11.3 Å². The first-order chi connectivity index (χ1) is 15.8. The zero-order valence-corrected chi connectivity index (χ0v) is 19.6. The third-order valence-corrected chi connectivity index (χ3v) is 6.24. The number of benzene rings is 2. The molecule has 1 aliphatic rings. The number of rotatable bonds is 9. The molecule has 0 N–H and O–H groups in total. The Balaban J connectivity index is 1.64. The van der Waals surface area contributed by atoms with E-state index in [1.807, 2.05) is 50.2 Å². The molecule has 0 spiro atoms. The van der Waals surface area contributed by atoms with E-state index >= 15 is 0 Å². The highest BCUT2D eigenvalue weighted by Gasteiger charge is 2.13. The molecule has 4 rings (SSSR count). The molecule has 2 heterocycles. The first-order valence-electron chi connectivity index (χ1n) is 11.3. The average molecular weight is 454 g/mol. The molecular formula is C25H31N3O3S. The van der Waals surface area contributed by atoms with Gasteiger partial charge in [0.05, 0.1) is 37.8 Å². The fourth-order valence-corrected chi connectivity index (χ4v) is 4.67. The predicted molar refractivity (Wildman–Crippen MR) is 129 cm³/mol. The normalized spacial score (nSPS) is 15.1. The third kappa shape index (κ3) is 5.79. The number of hydrogen-bond acceptors (Lipinski definition) is 6. The van der Waals surface area contributed by atoms with Crippen molar-refractivity contribution in [2.75, 3.05) is 46.1 Å². The topological polar surface area (TPSA) is 48.2 Å². The molecule has 1 aromatic heterocycles. The van der Waals surface area contributed by atoms with E-state index in [-0.39, 0.29) is 0 Å². The van der Waals surface area contributed by atoms with Gasteiger partial charge in [0.25, 0.3) is 0 Å². The Kier molecular flexibility index (Phi) is 7.98. The maximum absolute atomic E-state index is 5.61. The number of nitrogens with zero attached hydrogens (tertiary/aromatic N) is 3. The standard InChI is InChI=1S/C25H31N3O3S/c1-3-30-22-9-5-20(6-10-22)24-19-32-25(26-21-7-11-23(12-8-21)31-4-2)28(24)14-13-27-15-17-29-18-16-27/h5-12,19H,3-4,13-18H2,1-2H3. The van der Waals surface area contributed by atoms with Crippen molar-refractivity contribution in [1.29, 1.82) is 0 Å². The van der Waals surface area contributed by atoms with Crippen molar-refractivity contribution in [3.05, 3.63) is 58.7 Å². The highest BCUT2D eigenvalue weighted by molar-refractivity contribution is 7.07. The third-order valence-electron chi connectivity index (χ3n) is 5.37. The summed E-state index contributed by atoms with van der Waals surface area (Å²) in [6, 6.07) is 16.3. The van der Waals surface area contributed by atoms with Crippen molar-refractivity contribution in [1.82, 2.24) is 9.47 Å². The van der Waals surface area contributed by atoms with Crippen LogP contribution in [0.2, 0.25) is 0 Å². The van der Waals surface area contributed by atoms with Crippen LogP contribution in [-0.2, 0) is 11.3 Å². The zero-order valence-electron chi connectivity index (χ0n) is 18.8. The second-order valence-electron chi connectivity index (χ2n) is 7.51. The molecule has 0 atom stereocenters. The summed E-state index contributed by atoms with van der Waals surface area (Å²) in [6.07, 6.45) is 0. The lowest BCUT2D eigenvalue weighted by Crippen LogP contribution is -2.39. The van der Waals surface area contributed by atoms with Gasteiger partial charge in [-0.25, -0.2) is 4.99 Å². The Hall–Kier alpha value is -2.61. The monoisotopic (exact) mass is 453 g/mol. The second kappa shape index (κ2) is 11.3. The quantitative estimate of drug-likeness (QED) is 0.476.